The molecule has 1 saturated carbocycles. The Morgan fingerprint density at radius 3 is 2.33 bits per heavy atom. The van der Waals surface area contributed by atoms with Crippen molar-refractivity contribution in [3.63, 3.8) is 0 Å². The second-order valence-corrected chi connectivity index (χ2v) is 6.14. The largest absolute Gasteiger partial charge is 0.359 e. The van der Waals surface area contributed by atoms with Crippen LogP contribution in [0.15, 0.2) is 0 Å². The zero-order valence-corrected chi connectivity index (χ0v) is 11.8. The number of rotatable bonds is 5. The quantitative estimate of drug-likeness (QED) is 0.658. The smallest absolute Gasteiger partial charge is 0.227 e. The van der Waals surface area contributed by atoms with Crippen LogP contribution in [0.1, 0.15) is 33.6 Å². The molecule has 0 saturated heterocycles. The van der Waals surface area contributed by atoms with Crippen LogP contribution in [0.2, 0.25) is 0 Å². The molecule has 0 radical (unpaired) electrons. The minimum Gasteiger partial charge on any atom is -0.359 e. The maximum Gasteiger partial charge on any atom is 0.227 e. The highest BCUT2D eigenvalue weighted by molar-refractivity contribution is 5.86. The summed E-state index contributed by atoms with van der Waals surface area (Å²) in [5.74, 6) is 0.470. The van der Waals surface area contributed by atoms with Crippen molar-refractivity contribution in [3.8, 4) is 0 Å². The van der Waals surface area contributed by atoms with E-state index in [4.69, 9.17) is 5.73 Å². The van der Waals surface area contributed by atoms with Gasteiger partial charge in [0.1, 0.15) is 0 Å². The second-order valence-electron chi connectivity index (χ2n) is 6.14. The van der Waals surface area contributed by atoms with Gasteiger partial charge in [-0.25, -0.2) is 0 Å². The fraction of sp³-hybridized carbons (Fsp3) is 0.846. The van der Waals surface area contributed by atoms with Crippen molar-refractivity contribution in [2.45, 2.75) is 33.6 Å². The van der Waals surface area contributed by atoms with Crippen molar-refractivity contribution in [3.05, 3.63) is 0 Å². The van der Waals surface area contributed by atoms with E-state index in [2.05, 4.69) is 17.6 Å². The molecule has 1 aliphatic rings. The van der Waals surface area contributed by atoms with Crippen molar-refractivity contribution in [2.75, 3.05) is 20.1 Å². The lowest BCUT2D eigenvalue weighted by Crippen LogP contribution is -2.55. The van der Waals surface area contributed by atoms with Crippen LogP contribution in [-0.2, 0) is 9.59 Å². The van der Waals surface area contributed by atoms with Crippen LogP contribution >= 0.6 is 0 Å². The molecule has 104 valence electrons. The maximum absolute atomic E-state index is 12.2. The van der Waals surface area contributed by atoms with Gasteiger partial charge in [-0.05, 0) is 32.6 Å². The molecule has 1 fully saturated rings. The van der Waals surface area contributed by atoms with Gasteiger partial charge in [-0.1, -0.05) is 6.92 Å². The van der Waals surface area contributed by atoms with Crippen molar-refractivity contribution in [1.82, 2.24) is 10.6 Å². The van der Waals surface area contributed by atoms with Crippen molar-refractivity contribution >= 4 is 11.8 Å². The monoisotopic (exact) mass is 255 g/mol. The van der Waals surface area contributed by atoms with Crippen LogP contribution in [0.4, 0.5) is 0 Å². The second kappa shape index (κ2) is 5.26. The molecular formula is C13H25N3O2. The van der Waals surface area contributed by atoms with Crippen LogP contribution < -0.4 is 16.4 Å². The molecule has 0 aromatic heterocycles. The Morgan fingerprint density at radius 1 is 1.39 bits per heavy atom. The molecule has 0 aromatic carbocycles. The van der Waals surface area contributed by atoms with Crippen LogP contribution in [0.5, 0.6) is 0 Å². The molecule has 0 aromatic rings. The van der Waals surface area contributed by atoms with Crippen LogP contribution in [0.25, 0.3) is 0 Å². The number of hydrogen-bond donors (Lipinski definition) is 3. The molecule has 0 bridgehead atoms. The van der Waals surface area contributed by atoms with Crippen LogP contribution in [0.3, 0.4) is 0 Å². The highest BCUT2D eigenvalue weighted by Crippen LogP contribution is 2.44. The summed E-state index contributed by atoms with van der Waals surface area (Å²) in [5, 5.41) is 5.47. The fourth-order valence-electron chi connectivity index (χ4n) is 2.63. The summed E-state index contributed by atoms with van der Waals surface area (Å²) in [6.45, 7) is 6.45. The number of carbonyl (C=O) groups is 2. The fourth-order valence-corrected chi connectivity index (χ4v) is 2.63. The zero-order chi connectivity index (χ0) is 14.0. The Balaban J connectivity index is 2.53. The van der Waals surface area contributed by atoms with Gasteiger partial charge in [0.15, 0.2) is 0 Å². The van der Waals surface area contributed by atoms with Crippen molar-refractivity contribution in [2.24, 2.45) is 22.5 Å². The summed E-state index contributed by atoms with van der Waals surface area (Å²) in [5.41, 5.74) is 4.71. The lowest BCUT2D eigenvalue weighted by molar-refractivity contribution is -0.139. The molecule has 1 aliphatic carbocycles. The molecule has 18 heavy (non-hydrogen) atoms. The summed E-state index contributed by atoms with van der Waals surface area (Å²) in [6.07, 6.45) is 1.69. The van der Waals surface area contributed by atoms with E-state index in [1.165, 1.54) is 0 Å². The molecule has 0 heterocycles. The average molecular weight is 255 g/mol. The van der Waals surface area contributed by atoms with Gasteiger partial charge in [0.2, 0.25) is 11.8 Å². The third-order valence-electron chi connectivity index (χ3n) is 3.88. The highest BCUT2D eigenvalue weighted by atomic mass is 16.2. The Kier molecular flexibility index (Phi) is 4.37. The first-order valence-electron chi connectivity index (χ1n) is 6.48. The number of carbonyl (C=O) groups excluding carboxylic acids is 2. The minimum absolute atomic E-state index is 0.0138. The summed E-state index contributed by atoms with van der Waals surface area (Å²) < 4.78 is 0. The Labute approximate surface area is 109 Å². The number of nitrogens with one attached hydrogen (secondary N) is 2. The first kappa shape index (κ1) is 15.0. The van der Waals surface area contributed by atoms with E-state index in [-0.39, 0.29) is 11.8 Å². The van der Waals surface area contributed by atoms with Gasteiger partial charge in [-0.2, -0.15) is 0 Å². The molecular weight excluding hydrogens is 230 g/mol. The van der Waals surface area contributed by atoms with Gasteiger partial charge in [0, 0.05) is 20.1 Å². The van der Waals surface area contributed by atoms with Gasteiger partial charge < -0.3 is 16.4 Å². The Bertz CT molecular complexity index is 333. The minimum atomic E-state index is -0.602. The van der Waals surface area contributed by atoms with Gasteiger partial charge >= 0.3 is 0 Å². The van der Waals surface area contributed by atoms with E-state index in [1.54, 1.807) is 7.05 Å². The topological polar surface area (TPSA) is 84.2 Å². The van der Waals surface area contributed by atoms with Gasteiger partial charge in [-0.3, -0.25) is 9.59 Å². The van der Waals surface area contributed by atoms with Gasteiger partial charge in [0.25, 0.3) is 0 Å². The summed E-state index contributed by atoms with van der Waals surface area (Å²) >= 11 is 0. The van der Waals surface area contributed by atoms with E-state index in [9.17, 15) is 9.59 Å². The molecule has 4 N–H and O–H groups in total. The predicted octanol–water partition coefficient (Wildman–Crippen LogP) is 0.250. The molecule has 0 unspecified atom stereocenters. The summed E-state index contributed by atoms with van der Waals surface area (Å²) in [7, 11) is 1.60. The van der Waals surface area contributed by atoms with E-state index in [0.29, 0.717) is 19.0 Å². The zero-order valence-electron chi connectivity index (χ0n) is 11.8. The van der Waals surface area contributed by atoms with E-state index in [1.807, 2.05) is 13.8 Å². The summed E-state index contributed by atoms with van der Waals surface area (Å²) in [6, 6.07) is 0. The normalized spacial score (nSPS) is 27.3. The van der Waals surface area contributed by atoms with E-state index >= 15 is 0 Å². The van der Waals surface area contributed by atoms with E-state index in [0.717, 1.165) is 12.8 Å². The molecule has 2 amide bonds. The van der Waals surface area contributed by atoms with Crippen molar-refractivity contribution in [1.29, 1.82) is 0 Å². The SMILES string of the molecule is CNC(=O)C(C)(C)CNC(=O)C1(CN)CC(C)C1. The van der Waals surface area contributed by atoms with Crippen molar-refractivity contribution < 1.29 is 9.59 Å². The Morgan fingerprint density at radius 2 is 1.94 bits per heavy atom. The van der Waals surface area contributed by atoms with Gasteiger partial charge in [-0.15, -0.1) is 0 Å². The first-order valence-corrected chi connectivity index (χ1v) is 6.48. The van der Waals surface area contributed by atoms with Crippen LogP contribution in [-0.4, -0.2) is 32.0 Å². The molecule has 5 heteroatoms. The predicted molar refractivity (Wildman–Crippen MR) is 70.7 cm³/mol. The lowest BCUT2D eigenvalue weighted by atomic mass is 9.62. The van der Waals surface area contributed by atoms with Gasteiger partial charge in [0.05, 0.1) is 10.8 Å². The third-order valence-corrected chi connectivity index (χ3v) is 3.88. The molecule has 0 atom stereocenters. The van der Waals surface area contributed by atoms with E-state index < -0.39 is 10.8 Å². The number of nitrogens with two attached hydrogens (primary N) is 1. The average Bonchev–Trinajstić information content (AvgIpc) is 2.30. The maximum atomic E-state index is 12.2. The summed E-state index contributed by atoms with van der Waals surface area (Å²) in [4.78, 5) is 23.8. The first-order chi connectivity index (χ1) is 8.27. The Hall–Kier alpha value is -1.10. The molecule has 1 rings (SSSR count). The molecule has 5 nitrogen and oxygen atoms in total. The number of amides is 2. The molecule has 0 aliphatic heterocycles. The standard InChI is InChI=1S/C13H25N3O2/c1-9-5-13(6-9,7-14)11(18)16-8-12(2,3)10(17)15-4/h9H,5-8,14H2,1-4H3,(H,15,17)(H,16,18). The van der Waals surface area contributed by atoms with Crippen LogP contribution in [0, 0.1) is 16.7 Å². The highest BCUT2D eigenvalue weighted by Gasteiger charge is 2.47. The molecule has 0 spiro atoms. The third kappa shape index (κ3) is 2.83. The lowest BCUT2D eigenvalue weighted by Gasteiger charge is -2.44. The number of hydrogen-bond acceptors (Lipinski definition) is 3.